The topological polar surface area (TPSA) is 26.0 Å². The Kier molecular flexibility index (Phi) is 5.25. The molecule has 1 unspecified atom stereocenters. The summed E-state index contributed by atoms with van der Waals surface area (Å²) in [7, 11) is 0. The molecule has 0 aromatic heterocycles. The van der Waals surface area contributed by atoms with Gasteiger partial charge in [0, 0.05) is 6.04 Å². The monoisotopic (exact) mass is 245 g/mol. The van der Waals surface area contributed by atoms with E-state index in [-0.39, 0.29) is 6.04 Å². The summed E-state index contributed by atoms with van der Waals surface area (Å²) in [6, 6.07) is 10.9. The van der Waals surface area contributed by atoms with E-state index in [2.05, 4.69) is 37.3 Å². The Labute approximate surface area is 112 Å². The molecule has 0 radical (unpaired) electrons. The van der Waals surface area contributed by atoms with Crippen LogP contribution in [0.3, 0.4) is 0 Å². The van der Waals surface area contributed by atoms with Crippen LogP contribution >= 0.6 is 0 Å². The first-order valence-corrected chi connectivity index (χ1v) is 7.61. The third-order valence-electron chi connectivity index (χ3n) is 4.55. The molecule has 0 heterocycles. The lowest BCUT2D eigenvalue weighted by Crippen LogP contribution is -2.26. The summed E-state index contributed by atoms with van der Waals surface area (Å²) in [5, 5.41) is 0. The molecule has 1 nitrogen and oxygen atoms in total. The first kappa shape index (κ1) is 13.6. The Bertz CT molecular complexity index is 325. The van der Waals surface area contributed by atoms with Crippen LogP contribution in [0, 0.1) is 11.8 Å². The summed E-state index contributed by atoms with van der Waals surface area (Å²) >= 11 is 0. The van der Waals surface area contributed by atoms with Crippen LogP contribution < -0.4 is 5.73 Å². The van der Waals surface area contributed by atoms with Crippen molar-refractivity contribution in [3.8, 4) is 0 Å². The molecular formula is C17H27N. The van der Waals surface area contributed by atoms with E-state index in [0.717, 1.165) is 5.92 Å². The molecule has 1 aliphatic carbocycles. The molecule has 0 bridgehead atoms. The van der Waals surface area contributed by atoms with Crippen LogP contribution in [0.2, 0.25) is 0 Å². The van der Waals surface area contributed by atoms with Gasteiger partial charge >= 0.3 is 0 Å². The smallest absolute Gasteiger partial charge is 0.0323 e. The van der Waals surface area contributed by atoms with Crippen molar-refractivity contribution in [3.63, 3.8) is 0 Å². The number of hydrogen-bond acceptors (Lipinski definition) is 1. The fraction of sp³-hybridized carbons (Fsp3) is 0.647. The minimum absolute atomic E-state index is 0.248. The minimum Gasteiger partial charge on any atom is -0.324 e. The number of nitrogens with two attached hydrogens (primary N) is 1. The van der Waals surface area contributed by atoms with Gasteiger partial charge in [0.15, 0.2) is 0 Å². The highest BCUT2D eigenvalue weighted by atomic mass is 14.7. The van der Waals surface area contributed by atoms with Crippen molar-refractivity contribution in [3.05, 3.63) is 35.9 Å². The predicted molar refractivity (Wildman–Crippen MR) is 78.3 cm³/mol. The molecule has 1 atom stereocenters. The predicted octanol–water partition coefficient (Wildman–Crippen LogP) is 4.68. The van der Waals surface area contributed by atoms with Crippen LogP contribution in [-0.2, 0) is 0 Å². The van der Waals surface area contributed by atoms with Crippen molar-refractivity contribution >= 4 is 0 Å². The molecule has 18 heavy (non-hydrogen) atoms. The molecule has 0 spiro atoms. The summed E-state index contributed by atoms with van der Waals surface area (Å²) in [5.74, 6) is 1.68. The Balaban J connectivity index is 1.82. The van der Waals surface area contributed by atoms with Gasteiger partial charge in [0.2, 0.25) is 0 Å². The van der Waals surface area contributed by atoms with Gasteiger partial charge < -0.3 is 5.73 Å². The van der Waals surface area contributed by atoms with Gasteiger partial charge in [-0.05, 0) is 30.2 Å². The lowest BCUT2D eigenvalue weighted by molar-refractivity contribution is 0.232. The van der Waals surface area contributed by atoms with Gasteiger partial charge in [0.25, 0.3) is 0 Å². The van der Waals surface area contributed by atoms with Crippen LogP contribution in [-0.4, -0.2) is 0 Å². The second kappa shape index (κ2) is 6.94. The van der Waals surface area contributed by atoms with E-state index >= 15 is 0 Å². The van der Waals surface area contributed by atoms with Gasteiger partial charge in [-0.25, -0.2) is 0 Å². The highest BCUT2D eigenvalue weighted by Crippen LogP contribution is 2.37. The molecule has 2 N–H and O–H groups in total. The Morgan fingerprint density at radius 2 is 1.78 bits per heavy atom. The van der Waals surface area contributed by atoms with Crippen LogP contribution in [0.5, 0.6) is 0 Å². The molecule has 1 aliphatic rings. The van der Waals surface area contributed by atoms with Crippen molar-refractivity contribution in [2.75, 3.05) is 0 Å². The van der Waals surface area contributed by atoms with Crippen molar-refractivity contribution in [2.45, 2.75) is 57.9 Å². The van der Waals surface area contributed by atoms with E-state index in [9.17, 15) is 0 Å². The lowest BCUT2D eigenvalue weighted by atomic mass is 9.75. The number of benzene rings is 1. The lowest BCUT2D eigenvalue weighted by Gasteiger charge is -2.32. The molecular weight excluding hydrogens is 218 g/mol. The van der Waals surface area contributed by atoms with Crippen LogP contribution in [0.1, 0.15) is 63.5 Å². The third kappa shape index (κ3) is 3.58. The highest BCUT2D eigenvalue weighted by Gasteiger charge is 2.25. The van der Waals surface area contributed by atoms with Crippen molar-refractivity contribution in [1.29, 1.82) is 0 Å². The number of rotatable bonds is 5. The van der Waals surface area contributed by atoms with Crippen LogP contribution in [0.15, 0.2) is 30.3 Å². The summed E-state index contributed by atoms with van der Waals surface area (Å²) in [6.07, 6.45) is 9.61. The van der Waals surface area contributed by atoms with Crippen LogP contribution in [0.25, 0.3) is 0 Å². The van der Waals surface area contributed by atoms with Gasteiger partial charge in [-0.15, -0.1) is 0 Å². The fourth-order valence-corrected chi connectivity index (χ4v) is 3.28. The van der Waals surface area contributed by atoms with Crippen molar-refractivity contribution in [1.82, 2.24) is 0 Å². The molecule has 1 heteroatoms. The summed E-state index contributed by atoms with van der Waals surface area (Å²) in [4.78, 5) is 0. The first-order valence-electron chi connectivity index (χ1n) is 7.61. The fourth-order valence-electron chi connectivity index (χ4n) is 3.28. The van der Waals surface area contributed by atoms with Crippen LogP contribution in [0.4, 0.5) is 0 Å². The molecule has 1 fully saturated rings. The molecule has 2 rings (SSSR count). The van der Waals surface area contributed by atoms with E-state index in [4.69, 9.17) is 5.73 Å². The zero-order chi connectivity index (χ0) is 12.8. The number of hydrogen-bond donors (Lipinski definition) is 1. The zero-order valence-corrected chi connectivity index (χ0v) is 11.6. The molecule has 1 aromatic rings. The quantitative estimate of drug-likeness (QED) is 0.800. The second-order valence-corrected chi connectivity index (χ2v) is 5.86. The highest BCUT2D eigenvalue weighted by molar-refractivity contribution is 5.19. The Morgan fingerprint density at radius 1 is 1.11 bits per heavy atom. The van der Waals surface area contributed by atoms with Crippen molar-refractivity contribution < 1.29 is 0 Å². The molecule has 1 aromatic carbocycles. The summed E-state index contributed by atoms with van der Waals surface area (Å²) in [6.45, 7) is 2.29. The maximum absolute atomic E-state index is 6.42. The second-order valence-electron chi connectivity index (χ2n) is 5.86. The largest absolute Gasteiger partial charge is 0.324 e. The zero-order valence-electron chi connectivity index (χ0n) is 11.6. The van der Waals surface area contributed by atoms with Gasteiger partial charge in [0.05, 0.1) is 0 Å². The Morgan fingerprint density at radius 3 is 2.39 bits per heavy atom. The van der Waals surface area contributed by atoms with E-state index in [0.29, 0.717) is 5.92 Å². The molecule has 0 aliphatic heterocycles. The third-order valence-corrected chi connectivity index (χ3v) is 4.55. The maximum atomic E-state index is 6.42. The molecule has 1 saturated carbocycles. The van der Waals surface area contributed by atoms with Gasteiger partial charge in [-0.2, -0.15) is 0 Å². The Hall–Kier alpha value is -0.820. The maximum Gasteiger partial charge on any atom is 0.0323 e. The van der Waals surface area contributed by atoms with E-state index < -0.39 is 0 Å². The van der Waals surface area contributed by atoms with Gasteiger partial charge in [-0.1, -0.05) is 69.4 Å². The van der Waals surface area contributed by atoms with Crippen molar-refractivity contribution in [2.24, 2.45) is 17.6 Å². The first-order chi connectivity index (χ1) is 8.81. The van der Waals surface area contributed by atoms with E-state index in [1.165, 1.54) is 50.5 Å². The van der Waals surface area contributed by atoms with E-state index in [1.54, 1.807) is 0 Å². The SMILES string of the molecule is CCCCC1CCC(C(N)c2ccccc2)CC1. The number of unbranched alkanes of at least 4 members (excludes halogenated alkanes) is 1. The standard InChI is InChI=1S/C17H27N/c1-2-3-7-14-10-12-16(13-11-14)17(18)15-8-5-4-6-9-15/h4-6,8-9,14,16-17H,2-3,7,10-13,18H2,1H3. The van der Waals surface area contributed by atoms with Gasteiger partial charge in [-0.3, -0.25) is 0 Å². The summed E-state index contributed by atoms with van der Waals surface area (Å²) < 4.78 is 0. The van der Waals surface area contributed by atoms with E-state index in [1.807, 2.05) is 0 Å². The average molecular weight is 245 g/mol. The average Bonchev–Trinajstić information content (AvgIpc) is 2.46. The normalized spacial score (nSPS) is 25.9. The molecule has 100 valence electrons. The molecule has 0 saturated heterocycles. The minimum atomic E-state index is 0.248. The van der Waals surface area contributed by atoms with Gasteiger partial charge in [0.1, 0.15) is 0 Å². The molecule has 0 amide bonds. The summed E-state index contributed by atoms with van der Waals surface area (Å²) in [5.41, 5.74) is 7.73.